The molecule has 6 N–H and O–H groups in total. The van der Waals surface area contributed by atoms with Crippen molar-refractivity contribution in [3.8, 4) is 17.0 Å². The van der Waals surface area contributed by atoms with Gasteiger partial charge in [-0.25, -0.2) is 9.37 Å². The van der Waals surface area contributed by atoms with Gasteiger partial charge in [-0.05, 0) is 24.3 Å². The van der Waals surface area contributed by atoms with Crippen LogP contribution in [0.15, 0.2) is 55.1 Å². The van der Waals surface area contributed by atoms with Crippen molar-refractivity contribution < 1.29 is 13.9 Å². The SMILES string of the molecule is NC(=O)c1c(-c2ccc(N)c(OCc3ccc(F)cn3)c2)n[nH]c1Nc1cnccn1. The van der Waals surface area contributed by atoms with E-state index in [1.165, 1.54) is 30.7 Å². The second-order valence-corrected chi connectivity index (χ2v) is 6.41. The summed E-state index contributed by atoms with van der Waals surface area (Å²) in [5, 5.41) is 9.90. The lowest BCUT2D eigenvalue weighted by molar-refractivity contribution is 0.100. The molecule has 1 aromatic carbocycles. The van der Waals surface area contributed by atoms with Crippen LogP contribution in [0.2, 0.25) is 0 Å². The van der Waals surface area contributed by atoms with Crippen LogP contribution in [0, 0.1) is 5.82 Å². The van der Waals surface area contributed by atoms with Crippen molar-refractivity contribution in [1.29, 1.82) is 0 Å². The van der Waals surface area contributed by atoms with Crippen molar-refractivity contribution in [2.75, 3.05) is 11.1 Å². The van der Waals surface area contributed by atoms with Gasteiger partial charge in [-0.1, -0.05) is 6.07 Å². The molecule has 31 heavy (non-hydrogen) atoms. The van der Waals surface area contributed by atoms with Crippen LogP contribution < -0.4 is 21.5 Å². The lowest BCUT2D eigenvalue weighted by Crippen LogP contribution is -2.13. The van der Waals surface area contributed by atoms with Crippen molar-refractivity contribution in [1.82, 2.24) is 25.1 Å². The van der Waals surface area contributed by atoms with E-state index in [-0.39, 0.29) is 18.0 Å². The Balaban J connectivity index is 1.62. The summed E-state index contributed by atoms with van der Waals surface area (Å²) in [6.45, 7) is 0.0800. The number of nitrogens with two attached hydrogens (primary N) is 2. The smallest absolute Gasteiger partial charge is 0.254 e. The third-order valence-corrected chi connectivity index (χ3v) is 4.28. The molecule has 0 bridgehead atoms. The summed E-state index contributed by atoms with van der Waals surface area (Å²) in [5.74, 6) is -0.0877. The van der Waals surface area contributed by atoms with Gasteiger partial charge in [0.15, 0.2) is 0 Å². The van der Waals surface area contributed by atoms with Gasteiger partial charge in [0.25, 0.3) is 5.91 Å². The maximum Gasteiger partial charge on any atom is 0.254 e. The van der Waals surface area contributed by atoms with E-state index in [1.807, 2.05) is 0 Å². The number of primary amides is 1. The molecule has 3 aromatic heterocycles. The normalized spacial score (nSPS) is 10.6. The summed E-state index contributed by atoms with van der Waals surface area (Å²) >= 11 is 0. The molecule has 0 aliphatic heterocycles. The highest BCUT2D eigenvalue weighted by Crippen LogP contribution is 2.33. The van der Waals surface area contributed by atoms with E-state index in [4.69, 9.17) is 16.2 Å². The van der Waals surface area contributed by atoms with Crippen molar-refractivity contribution >= 4 is 23.2 Å². The number of H-pyrrole nitrogens is 1. The van der Waals surface area contributed by atoms with Gasteiger partial charge in [-0.15, -0.1) is 0 Å². The number of ether oxygens (including phenoxy) is 1. The Labute approximate surface area is 175 Å². The van der Waals surface area contributed by atoms with Crippen LogP contribution in [-0.2, 0) is 6.61 Å². The van der Waals surface area contributed by atoms with Crippen LogP contribution in [0.5, 0.6) is 5.75 Å². The molecular weight excluding hydrogens is 403 g/mol. The number of anilines is 3. The Hall–Kier alpha value is -4.54. The molecule has 0 radical (unpaired) electrons. The van der Waals surface area contributed by atoms with Gasteiger partial charge in [-0.2, -0.15) is 5.10 Å². The number of carbonyl (C=O) groups is 1. The van der Waals surface area contributed by atoms with E-state index in [0.29, 0.717) is 34.2 Å². The van der Waals surface area contributed by atoms with E-state index in [2.05, 4.69) is 30.5 Å². The zero-order valence-electron chi connectivity index (χ0n) is 16.0. The van der Waals surface area contributed by atoms with Gasteiger partial charge in [-0.3, -0.25) is 19.9 Å². The van der Waals surface area contributed by atoms with Gasteiger partial charge >= 0.3 is 0 Å². The van der Waals surface area contributed by atoms with E-state index >= 15 is 0 Å². The molecule has 156 valence electrons. The highest BCUT2D eigenvalue weighted by molar-refractivity contribution is 6.04. The van der Waals surface area contributed by atoms with Crippen LogP contribution in [-0.4, -0.2) is 31.1 Å². The molecule has 0 aliphatic rings. The number of hydrogen-bond acceptors (Lipinski definition) is 8. The first kappa shape index (κ1) is 19.8. The molecule has 4 rings (SSSR count). The minimum Gasteiger partial charge on any atom is -0.485 e. The molecule has 0 aliphatic carbocycles. The zero-order valence-corrected chi connectivity index (χ0v) is 16.0. The Kier molecular flexibility index (Phi) is 5.39. The lowest BCUT2D eigenvalue weighted by atomic mass is 10.1. The van der Waals surface area contributed by atoms with Crippen LogP contribution in [0.25, 0.3) is 11.3 Å². The molecule has 0 unspecified atom stereocenters. The summed E-state index contributed by atoms with van der Waals surface area (Å²) in [4.78, 5) is 24.2. The quantitative estimate of drug-likeness (QED) is 0.332. The second-order valence-electron chi connectivity index (χ2n) is 6.41. The monoisotopic (exact) mass is 420 g/mol. The number of rotatable bonds is 7. The number of aromatic nitrogens is 5. The number of amides is 1. The van der Waals surface area contributed by atoms with Gasteiger partial charge in [0.1, 0.15) is 41.1 Å². The number of carbonyl (C=O) groups excluding carboxylic acids is 1. The molecule has 3 heterocycles. The van der Waals surface area contributed by atoms with Crippen LogP contribution in [0.3, 0.4) is 0 Å². The maximum atomic E-state index is 13.0. The van der Waals surface area contributed by atoms with Gasteiger partial charge in [0, 0.05) is 18.0 Å². The first-order valence-electron chi connectivity index (χ1n) is 9.05. The van der Waals surface area contributed by atoms with Crippen molar-refractivity contribution in [3.05, 3.63) is 72.2 Å². The number of nitrogens with zero attached hydrogens (tertiary/aromatic N) is 4. The molecule has 0 atom stereocenters. The van der Waals surface area contributed by atoms with Crippen molar-refractivity contribution in [3.63, 3.8) is 0 Å². The number of halogens is 1. The molecule has 0 fully saturated rings. The number of benzene rings is 1. The predicted octanol–water partition coefficient (Wildman–Crippen LogP) is 2.40. The van der Waals surface area contributed by atoms with E-state index in [9.17, 15) is 9.18 Å². The fourth-order valence-corrected chi connectivity index (χ4v) is 2.82. The Morgan fingerprint density at radius 2 is 2.03 bits per heavy atom. The average molecular weight is 420 g/mol. The van der Waals surface area contributed by atoms with Crippen LogP contribution in [0.4, 0.5) is 21.7 Å². The van der Waals surface area contributed by atoms with Gasteiger partial charge in [0.05, 0.1) is 23.8 Å². The first-order chi connectivity index (χ1) is 15.0. The van der Waals surface area contributed by atoms with E-state index in [1.54, 1.807) is 18.2 Å². The van der Waals surface area contributed by atoms with Gasteiger partial charge in [0.2, 0.25) is 0 Å². The molecule has 1 amide bonds. The Morgan fingerprint density at radius 3 is 2.74 bits per heavy atom. The molecule has 0 spiro atoms. The molecular formula is C20H17FN8O2. The zero-order chi connectivity index (χ0) is 21.8. The first-order valence-corrected chi connectivity index (χ1v) is 9.05. The molecule has 4 aromatic rings. The molecule has 11 heteroatoms. The van der Waals surface area contributed by atoms with Crippen molar-refractivity contribution in [2.45, 2.75) is 6.61 Å². The predicted molar refractivity (Wildman–Crippen MR) is 111 cm³/mol. The highest BCUT2D eigenvalue weighted by Gasteiger charge is 2.21. The number of nitrogen functional groups attached to an aromatic ring is 1. The van der Waals surface area contributed by atoms with Crippen LogP contribution in [0.1, 0.15) is 16.1 Å². The third kappa shape index (κ3) is 4.40. The Bertz CT molecular complexity index is 1210. The average Bonchev–Trinajstić information content (AvgIpc) is 3.19. The second kappa shape index (κ2) is 8.45. The summed E-state index contributed by atoms with van der Waals surface area (Å²) < 4.78 is 18.7. The third-order valence-electron chi connectivity index (χ3n) is 4.28. The minimum atomic E-state index is -0.690. The Morgan fingerprint density at radius 1 is 1.16 bits per heavy atom. The minimum absolute atomic E-state index is 0.0800. The summed E-state index contributed by atoms with van der Waals surface area (Å²) in [7, 11) is 0. The van der Waals surface area contributed by atoms with E-state index in [0.717, 1.165) is 6.20 Å². The topological polar surface area (TPSA) is 158 Å². The molecule has 0 saturated carbocycles. The van der Waals surface area contributed by atoms with E-state index < -0.39 is 11.7 Å². The molecule has 0 saturated heterocycles. The fraction of sp³-hybridized carbons (Fsp3) is 0.0500. The number of pyridine rings is 1. The fourth-order valence-electron chi connectivity index (χ4n) is 2.82. The highest BCUT2D eigenvalue weighted by atomic mass is 19.1. The molecule has 10 nitrogen and oxygen atoms in total. The number of nitrogens with one attached hydrogen (secondary N) is 2. The lowest BCUT2D eigenvalue weighted by Gasteiger charge is -2.10. The van der Waals surface area contributed by atoms with Crippen LogP contribution >= 0.6 is 0 Å². The standard InChI is InChI=1S/C20H17FN8O2/c21-12-2-3-13(26-8-12)10-31-15-7-11(1-4-14(15)22)18-17(19(23)30)20(29-28-18)27-16-9-24-5-6-25-16/h1-9H,10,22H2,(H2,23,30)(H2,25,27,28,29). The number of hydrogen-bond donors (Lipinski definition) is 4. The summed E-state index contributed by atoms with van der Waals surface area (Å²) in [6.07, 6.45) is 5.62. The summed E-state index contributed by atoms with van der Waals surface area (Å²) in [5.41, 5.74) is 13.5. The largest absolute Gasteiger partial charge is 0.485 e. The van der Waals surface area contributed by atoms with Crippen molar-refractivity contribution in [2.24, 2.45) is 5.73 Å². The van der Waals surface area contributed by atoms with Gasteiger partial charge < -0.3 is 21.5 Å². The maximum absolute atomic E-state index is 13.0. The number of aromatic amines is 1. The summed E-state index contributed by atoms with van der Waals surface area (Å²) in [6, 6.07) is 7.75.